The van der Waals surface area contributed by atoms with E-state index in [-0.39, 0.29) is 0 Å². The van der Waals surface area contributed by atoms with E-state index in [0.717, 1.165) is 104 Å². The minimum atomic E-state index is 0.301. The van der Waals surface area contributed by atoms with Gasteiger partial charge in [0, 0.05) is 51.3 Å². The third-order valence-electron chi connectivity index (χ3n) is 7.46. The van der Waals surface area contributed by atoms with Crippen LogP contribution < -0.4 is 5.32 Å². The quantitative estimate of drug-likeness (QED) is 0.319. The molecule has 0 unspecified atom stereocenters. The Morgan fingerprint density at radius 1 is 1.06 bits per heavy atom. The average Bonchev–Trinajstić information content (AvgIpc) is 3.68. The number of hydrogen-bond donors (Lipinski definition) is 4. The van der Waals surface area contributed by atoms with Gasteiger partial charge in [0.05, 0.1) is 17.4 Å². The van der Waals surface area contributed by atoms with Crippen molar-refractivity contribution in [2.75, 3.05) is 45.9 Å². The maximum atomic E-state index is 9.85. The van der Waals surface area contributed by atoms with Crippen LogP contribution in [0.2, 0.25) is 0 Å². The number of H-pyrrole nitrogens is 2. The van der Waals surface area contributed by atoms with Gasteiger partial charge < -0.3 is 15.4 Å². The molecule has 36 heavy (non-hydrogen) atoms. The summed E-state index contributed by atoms with van der Waals surface area (Å²) < 4.78 is 0. The maximum absolute atomic E-state index is 9.85. The van der Waals surface area contributed by atoms with Gasteiger partial charge in [-0.3, -0.25) is 14.9 Å². The lowest BCUT2D eigenvalue weighted by Gasteiger charge is -2.27. The van der Waals surface area contributed by atoms with Crippen LogP contribution in [-0.4, -0.2) is 81.0 Å². The molecule has 1 saturated heterocycles. The zero-order valence-electron chi connectivity index (χ0n) is 20.7. The van der Waals surface area contributed by atoms with Crippen molar-refractivity contribution in [3.63, 3.8) is 0 Å². The number of aryl methyl sites for hydroxylation is 1. The lowest BCUT2D eigenvalue weighted by molar-refractivity contribution is 0.239. The van der Waals surface area contributed by atoms with Gasteiger partial charge in [-0.15, -0.1) is 0 Å². The highest BCUT2D eigenvalue weighted by Crippen LogP contribution is 2.32. The summed E-state index contributed by atoms with van der Waals surface area (Å²) in [5.74, 6) is 1.09. The van der Waals surface area contributed by atoms with E-state index in [2.05, 4.69) is 66.5 Å². The number of aromatic amines is 2. The van der Waals surface area contributed by atoms with Crippen molar-refractivity contribution in [2.45, 2.75) is 19.8 Å². The van der Waals surface area contributed by atoms with Crippen molar-refractivity contribution < 1.29 is 5.11 Å². The monoisotopic (exact) mass is 483 g/mol. The van der Waals surface area contributed by atoms with Crippen molar-refractivity contribution in [1.82, 2.24) is 35.3 Å². The number of fused-ring (bicyclic) bond motifs is 1. The number of phenolic OH excluding ortho intramolecular Hbond substituents is 1. The van der Waals surface area contributed by atoms with Gasteiger partial charge in [-0.1, -0.05) is 25.1 Å². The minimum absolute atomic E-state index is 0.301. The fraction of sp³-hybridized carbons (Fsp3) is 0.357. The van der Waals surface area contributed by atoms with Gasteiger partial charge in [0.2, 0.25) is 0 Å². The lowest BCUT2D eigenvalue weighted by atomic mass is 9.97. The van der Waals surface area contributed by atoms with Gasteiger partial charge in [0.15, 0.2) is 5.82 Å². The number of aromatic hydroxyl groups is 1. The average molecular weight is 484 g/mol. The number of aromatic nitrogens is 4. The lowest BCUT2D eigenvalue weighted by Crippen LogP contribution is -2.36. The van der Waals surface area contributed by atoms with Crippen LogP contribution in [0.15, 0.2) is 48.7 Å². The molecule has 0 atom stereocenters. The largest absolute Gasteiger partial charge is 0.508 e. The molecule has 6 rings (SSSR count). The number of benzene rings is 2. The maximum Gasteiger partial charge on any atom is 0.159 e. The number of nitrogens with one attached hydrogen (secondary N) is 3. The second-order valence-corrected chi connectivity index (χ2v) is 9.73. The first-order chi connectivity index (χ1) is 17.7. The smallest absolute Gasteiger partial charge is 0.159 e. The van der Waals surface area contributed by atoms with Gasteiger partial charge >= 0.3 is 0 Å². The highest BCUT2D eigenvalue weighted by atomic mass is 16.3. The number of hydrogen-bond acceptors (Lipinski definition) is 6. The standard InChI is InChI=1S/C28H33N7O/c1-2-19-15-22(36)4-6-23(19)21-3-5-24-25(16-21)32-33-27(24)28-30-17-26(31-28)20-7-10-34(11-8-20)13-14-35-12-9-29-18-35/h3-7,15-17,29,36H,2,8-14,18H2,1H3,(H,30,31)(H,32,33). The molecule has 186 valence electrons. The fourth-order valence-electron chi connectivity index (χ4n) is 5.31. The van der Waals surface area contributed by atoms with Gasteiger partial charge in [-0.25, -0.2) is 4.98 Å². The van der Waals surface area contributed by atoms with Gasteiger partial charge in [-0.2, -0.15) is 5.10 Å². The van der Waals surface area contributed by atoms with Crippen LogP contribution >= 0.6 is 0 Å². The normalized spacial score (nSPS) is 17.2. The van der Waals surface area contributed by atoms with Crippen molar-refractivity contribution in [3.8, 4) is 28.4 Å². The predicted molar refractivity (Wildman–Crippen MR) is 144 cm³/mol. The van der Waals surface area contributed by atoms with Gasteiger partial charge in [0.1, 0.15) is 11.4 Å². The van der Waals surface area contributed by atoms with Crippen LogP contribution in [0.5, 0.6) is 5.75 Å². The fourth-order valence-corrected chi connectivity index (χ4v) is 5.31. The van der Waals surface area contributed by atoms with E-state index in [1.165, 1.54) is 5.57 Å². The van der Waals surface area contributed by atoms with Crippen molar-refractivity contribution >= 4 is 16.5 Å². The zero-order valence-corrected chi connectivity index (χ0v) is 20.7. The predicted octanol–water partition coefficient (Wildman–Crippen LogP) is 3.84. The van der Waals surface area contributed by atoms with Crippen LogP contribution in [0.1, 0.15) is 24.6 Å². The molecule has 1 fully saturated rings. The number of nitrogens with zero attached hydrogens (tertiary/aromatic N) is 4. The first-order valence-corrected chi connectivity index (χ1v) is 12.9. The van der Waals surface area contributed by atoms with Crippen LogP contribution in [0, 0.1) is 0 Å². The Labute approximate surface area is 211 Å². The molecule has 0 spiro atoms. The molecule has 2 aliphatic rings. The Bertz CT molecular complexity index is 1400. The minimum Gasteiger partial charge on any atom is -0.508 e. The highest BCUT2D eigenvalue weighted by molar-refractivity contribution is 5.94. The van der Waals surface area contributed by atoms with Gasteiger partial charge in [0.25, 0.3) is 0 Å². The third-order valence-corrected chi connectivity index (χ3v) is 7.46. The molecule has 4 N–H and O–H groups in total. The van der Waals surface area contributed by atoms with Crippen molar-refractivity contribution in [2.24, 2.45) is 0 Å². The number of phenols is 1. The molecule has 0 amide bonds. The van der Waals surface area contributed by atoms with Crippen LogP contribution in [0.25, 0.3) is 39.1 Å². The van der Waals surface area contributed by atoms with E-state index in [1.54, 1.807) is 6.07 Å². The van der Waals surface area contributed by atoms with E-state index in [1.807, 2.05) is 18.3 Å². The van der Waals surface area contributed by atoms with Crippen LogP contribution in [0.4, 0.5) is 0 Å². The SMILES string of the molecule is CCc1cc(O)ccc1-c1ccc2c(-c3ncc(C4=CCN(CCN5CCNC5)CC4)[nH]3)n[nH]c2c1. The summed E-state index contributed by atoms with van der Waals surface area (Å²) in [7, 11) is 0. The molecule has 2 aromatic heterocycles. The first-order valence-electron chi connectivity index (χ1n) is 12.9. The van der Waals surface area contributed by atoms with Crippen molar-refractivity contribution in [1.29, 1.82) is 0 Å². The Morgan fingerprint density at radius 3 is 2.78 bits per heavy atom. The number of rotatable bonds is 7. The summed E-state index contributed by atoms with van der Waals surface area (Å²) in [5, 5.41) is 22.1. The van der Waals surface area contributed by atoms with Crippen LogP contribution in [-0.2, 0) is 6.42 Å². The molecular formula is C28H33N7O. The Balaban J connectivity index is 1.18. The molecule has 8 nitrogen and oxygen atoms in total. The van der Waals surface area contributed by atoms with E-state index < -0.39 is 0 Å². The summed E-state index contributed by atoms with van der Waals surface area (Å²) in [6.07, 6.45) is 6.15. The summed E-state index contributed by atoms with van der Waals surface area (Å²) in [4.78, 5) is 13.2. The molecule has 2 aliphatic heterocycles. The first kappa shape index (κ1) is 23.0. The second kappa shape index (κ2) is 9.89. The van der Waals surface area contributed by atoms with Crippen molar-refractivity contribution in [3.05, 3.63) is 59.9 Å². The number of imidazole rings is 1. The molecule has 0 aliphatic carbocycles. The Morgan fingerprint density at radius 2 is 1.97 bits per heavy atom. The van der Waals surface area contributed by atoms with E-state index in [4.69, 9.17) is 0 Å². The molecule has 0 radical (unpaired) electrons. The van der Waals surface area contributed by atoms with E-state index in [0.29, 0.717) is 5.75 Å². The summed E-state index contributed by atoms with van der Waals surface area (Å²) in [6.45, 7) is 9.69. The van der Waals surface area contributed by atoms with Gasteiger partial charge in [-0.05, 0) is 59.4 Å². The summed E-state index contributed by atoms with van der Waals surface area (Å²) >= 11 is 0. The second-order valence-electron chi connectivity index (χ2n) is 9.73. The topological polar surface area (TPSA) is 96.1 Å². The third kappa shape index (κ3) is 4.55. The van der Waals surface area contributed by atoms with E-state index >= 15 is 0 Å². The van der Waals surface area contributed by atoms with Crippen LogP contribution in [0.3, 0.4) is 0 Å². The molecule has 2 aromatic carbocycles. The molecule has 4 aromatic rings. The molecular weight excluding hydrogens is 450 g/mol. The molecule has 0 saturated carbocycles. The zero-order chi connectivity index (χ0) is 24.5. The summed E-state index contributed by atoms with van der Waals surface area (Å²) in [5.41, 5.74) is 7.57. The Kier molecular flexibility index (Phi) is 6.31. The summed E-state index contributed by atoms with van der Waals surface area (Å²) in [6, 6.07) is 11.9. The highest BCUT2D eigenvalue weighted by Gasteiger charge is 2.19. The van der Waals surface area contributed by atoms with E-state index in [9.17, 15) is 5.11 Å². The molecule has 0 bridgehead atoms. The molecule has 8 heteroatoms. The Hall–Kier alpha value is -3.46. The molecule has 4 heterocycles.